The number of benzene rings is 1. The Bertz CT molecular complexity index is 1230. The van der Waals surface area contributed by atoms with Gasteiger partial charge in [-0.3, -0.25) is 9.55 Å². The Morgan fingerprint density at radius 1 is 1.21 bits per heavy atom. The van der Waals surface area contributed by atoms with Gasteiger partial charge in [0.25, 0.3) is 0 Å². The molecule has 1 aliphatic heterocycles. The maximum atomic E-state index is 13.2. The average molecular weight is 376 g/mol. The van der Waals surface area contributed by atoms with E-state index in [-0.39, 0.29) is 11.7 Å². The third-order valence-electron chi connectivity index (χ3n) is 5.59. The fourth-order valence-electron chi connectivity index (χ4n) is 4.44. The third kappa shape index (κ3) is 2.19. The monoisotopic (exact) mass is 376 g/mol. The Morgan fingerprint density at radius 3 is 2.75 bits per heavy atom. The standard InChI is InChI=1S/C21H20N4O3/c1-12-19(13(2)28-23-12)14-7-10-18-20-15(14)8-9-17(16-6-4-5-11-22-16)24(20)21(26)25(18)27-3/h4-7,10-11,17H,8-9H2,1-3H3. The summed E-state index contributed by atoms with van der Waals surface area (Å²) in [5.41, 5.74) is 6.37. The molecule has 0 fully saturated rings. The Labute approximate surface area is 161 Å². The maximum absolute atomic E-state index is 13.2. The molecule has 1 unspecified atom stereocenters. The van der Waals surface area contributed by atoms with E-state index in [9.17, 15) is 4.79 Å². The minimum atomic E-state index is -0.190. The highest BCUT2D eigenvalue weighted by atomic mass is 16.7. The minimum absolute atomic E-state index is 0.125. The van der Waals surface area contributed by atoms with Crippen molar-refractivity contribution in [1.29, 1.82) is 0 Å². The molecule has 7 nitrogen and oxygen atoms in total. The summed E-state index contributed by atoms with van der Waals surface area (Å²) in [5.74, 6) is 0.778. The zero-order valence-electron chi connectivity index (χ0n) is 16.0. The fourth-order valence-corrected chi connectivity index (χ4v) is 4.44. The van der Waals surface area contributed by atoms with Crippen LogP contribution in [-0.2, 0) is 6.42 Å². The van der Waals surface area contributed by atoms with Gasteiger partial charge in [0.2, 0.25) is 0 Å². The van der Waals surface area contributed by atoms with E-state index in [2.05, 4.69) is 10.1 Å². The first kappa shape index (κ1) is 16.8. The third-order valence-corrected chi connectivity index (χ3v) is 5.59. The zero-order chi connectivity index (χ0) is 19.4. The lowest BCUT2D eigenvalue weighted by Gasteiger charge is -2.25. The average Bonchev–Trinajstić information content (AvgIpc) is 3.20. The number of pyridine rings is 1. The molecule has 4 aromatic rings. The number of aromatic nitrogens is 4. The van der Waals surface area contributed by atoms with Crippen LogP contribution in [0.5, 0.6) is 0 Å². The van der Waals surface area contributed by atoms with Gasteiger partial charge in [-0.15, -0.1) is 4.73 Å². The van der Waals surface area contributed by atoms with Gasteiger partial charge < -0.3 is 9.36 Å². The van der Waals surface area contributed by atoms with Gasteiger partial charge in [0.1, 0.15) is 18.4 Å². The molecule has 3 aromatic heterocycles. The molecule has 0 radical (unpaired) electrons. The van der Waals surface area contributed by atoms with E-state index in [1.807, 2.05) is 48.7 Å². The predicted octanol–water partition coefficient (Wildman–Crippen LogP) is 3.06. The molecular weight excluding hydrogens is 356 g/mol. The number of aryl methyl sites for hydroxylation is 3. The highest BCUT2D eigenvalue weighted by Gasteiger charge is 2.31. The van der Waals surface area contributed by atoms with E-state index in [4.69, 9.17) is 9.36 Å². The van der Waals surface area contributed by atoms with Crippen molar-refractivity contribution in [3.63, 3.8) is 0 Å². The van der Waals surface area contributed by atoms with E-state index in [0.29, 0.717) is 0 Å². The second kappa shape index (κ2) is 6.09. The van der Waals surface area contributed by atoms with E-state index >= 15 is 0 Å². The predicted molar refractivity (Wildman–Crippen MR) is 104 cm³/mol. The van der Waals surface area contributed by atoms with Crippen LogP contribution in [0.25, 0.3) is 22.2 Å². The smallest absolute Gasteiger partial charge is 0.362 e. The molecule has 5 rings (SSSR count). The number of hydrogen-bond donors (Lipinski definition) is 0. The van der Waals surface area contributed by atoms with Crippen molar-refractivity contribution < 1.29 is 9.36 Å². The van der Waals surface area contributed by atoms with E-state index in [1.54, 1.807) is 6.20 Å². The summed E-state index contributed by atoms with van der Waals surface area (Å²) in [6.45, 7) is 3.86. The Balaban J connectivity index is 1.86. The van der Waals surface area contributed by atoms with Crippen molar-refractivity contribution in [1.82, 2.24) is 19.4 Å². The number of nitrogens with zero attached hydrogens (tertiary/aromatic N) is 4. The molecule has 0 amide bonds. The van der Waals surface area contributed by atoms with Gasteiger partial charge >= 0.3 is 5.69 Å². The van der Waals surface area contributed by atoms with Crippen molar-refractivity contribution in [2.75, 3.05) is 7.11 Å². The second-order valence-corrected chi connectivity index (χ2v) is 7.10. The lowest BCUT2D eigenvalue weighted by atomic mass is 9.89. The van der Waals surface area contributed by atoms with Crippen LogP contribution >= 0.6 is 0 Å². The van der Waals surface area contributed by atoms with E-state index < -0.39 is 0 Å². The van der Waals surface area contributed by atoms with Crippen LogP contribution < -0.4 is 10.5 Å². The van der Waals surface area contributed by atoms with Crippen LogP contribution in [0.4, 0.5) is 0 Å². The topological polar surface area (TPSA) is 75.1 Å². The molecule has 0 bridgehead atoms. The first-order valence-corrected chi connectivity index (χ1v) is 9.29. The SMILES string of the molecule is COn1c(=O)n2c3c(c(-c4c(C)noc4C)ccc31)CCC2c1ccccn1. The highest BCUT2D eigenvalue weighted by molar-refractivity contribution is 5.89. The van der Waals surface area contributed by atoms with Crippen LogP contribution in [0.2, 0.25) is 0 Å². The van der Waals surface area contributed by atoms with Crippen molar-refractivity contribution in [2.24, 2.45) is 0 Å². The molecule has 7 heteroatoms. The summed E-state index contributed by atoms with van der Waals surface area (Å²) in [5, 5.41) is 4.11. The molecule has 1 atom stereocenters. The van der Waals surface area contributed by atoms with Crippen LogP contribution in [0.1, 0.15) is 35.2 Å². The second-order valence-electron chi connectivity index (χ2n) is 7.10. The van der Waals surface area contributed by atoms with Crippen molar-refractivity contribution in [2.45, 2.75) is 32.7 Å². The Kier molecular flexibility index (Phi) is 3.65. The molecule has 1 aliphatic rings. The summed E-state index contributed by atoms with van der Waals surface area (Å²) < 4.78 is 8.57. The van der Waals surface area contributed by atoms with Gasteiger partial charge in [-0.25, -0.2) is 4.79 Å². The summed E-state index contributed by atoms with van der Waals surface area (Å²) in [6, 6.07) is 9.64. The lowest BCUT2D eigenvalue weighted by Crippen LogP contribution is -2.32. The largest absolute Gasteiger partial charge is 0.412 e. The van der Waals surface area contributed by atoms with Crippen LogP contribution in [0.15, 0.2) is 45.8 Å². The van der Waals surface area contributed by atoms with Crippen molar-refractivity contribution in [3.8, 4) is 11.1 Å². The summed E-state index contributed by atoms with van der Waals surface area (Å²) in [7, 11) is 1.51. The number of imidazole rings is 1. The van der Waals surface area contributed by atoms with Gasteiger partial charge in [0.15, 0.2) is 0 Å². The molecule has 0 saturated carbocycles. The first-order chi connectivity index (χ1) is 13.6. The fraction of sp³-hybridized carbons (Fsp3) is 0.286. The van der Waals surface area contributed by atoms with Crippen LogP contribution in [-0.4, -0.2) is 26.5 Å². The molecule has 0 N–H and O–H groups in total. The maximum Gasteiger partial charge on any atom is 0.362 e. The van der Waals surface area contributed by atoms with Gasteiger partial charge in [-0.05, 0) is 56.0 Å². The van der Waals surface area contributed by atoms with Gasteiger partial charge in [0.05, 0.1) is 22.9 Å². The lowest BCUT2D eigenvalue weighted by molar-refractivity contribution is 0.164. The van der Waals surface area contributed by atoms with Crippen molar-refractivity contribution >= 4 is 11.0 Å². The molecule has 0 saturated heterocycles. The van der Waals surface area contributed by atoms with Crippen LogP contribution in [0.3, 0.4) is 0 Å². The molecular formula is C21H20N4O3. The van der Waals surface area contributed by atoms with Crippen LogP contribution in [0, 0.1) is 13.8 Å². The van der Waals surface area contributed by atoms with Gasteiger partial charge in [-0.1, -0.05) is 17.3 Å². The highest BCUT2D eigenvalue weighted by Crippen LogP contribution is 2.40. The summed E-state index contributed by atoms with van der Waals surface area (Å²) >= 11 is 0. The molecule has 0 spiro atoms. The quantitative estimate of drug-likeness (QED) is 0.549. The van der Waals surface area contributed by atoms with E-state index in [1.165, 1.54) is 11.8 Å². The molecule has 4 heterocycles. The van der Waals surface area contributed by atoms with Gasteiger partial charge in [-0.2, -0.15) is 0 Å². The number of rotatable bonds is 3. The normalized spacial score (nSPS) is 15.9. The zero-order valence-corrected chi connectivity index (χ0v) is 16.0. The van der Waals surface area contributed by atoms with Crippen molar-refractivity contribution in [3.05, 3.63) is 69.7 Å². The molecule has 1 aromatic carbocycles. The molecule has 28 heavy (non-hydrogen) atoms. The molecule has 142 valence electrons. The first-order valence-electron chi connectivity index (χ1n) is 9.29. The summed E-state index contributed by atoms with van der Waals surface area (Å²) in [6.07, 6.45) is 3.37. The van der Waals surface area contributed by atoms with Gasteiger partial charge in [0, 0.05) is 11.8 Å². The Hall–Kier alpha value is -3.35. The molecule has 0 aliphatic carbocycles. The Morgan fingerprint density at radius 2 is 2.07 bits per heavy atom. The minimum Gasteiger partial charge on any atom is -0.412 e. The van der Waals surface area contributed by atoms with E-state index in [0.717, 1.165) is 57.7 Å². The number of hydrogen-bond acceptors (Lipinski definition) is 5. The summed E-state index contributed by atoms with van der Waals surface area (Å²) in [4.78, 5) is 23.1.